The van der Waals surface area contributed by atoms with Crippen LogP contribution in [0.25, 0.3) is 0 Å². The van der Waals surface area contributed by atoms with Crippen LogP contribution in [-0.4, -0.2) is 49.5 Å². The Morgan fingerprint density at radius 1 is 1.42 bits per heavy atom. The molecule has 7 nitrogen and oxygen atoms in total. The lowest BCUT2D eigenvalue weighted by molar-refractivity contribution is -0.384. The number of unbranched alkanes of at least 4 members (excludes halogenated alkanes) is 1. The van der Waals surface area contributed by atoms with Gasteiger partial charge >= 0.3 is 0 Å². The van der Waals surface area contributed by atoms with Crippen molar-refractivity contribution in [1.82, 2.24) is 10.2 Å². The topological polar surface area (TPSA) is 82.8 Å². The van der Waals surface area contributed by atoms with Crippen LogP contribution < -0.4 is 10.6 Å². The molecule has 0 heterocycles. The Kier molecular flexibility index (Phi) is 11.6. The van der Waals surface area contributed by atoms with E-state index in [-0.39, 0.29) is 34.6 Å². The molecule has 134 valence electrons. The van der Waals surface area contributed by atoms with Crippen molar-refractivity contribution in [3.8, 4) is 0 Å². The van der Waals surface area contributed by atoms with Gasteiger partial charge in [-0.3, -0.25) is 15.1 Å². The summed E-state index contributed by atoms with van der Waals surface area (Å²) in [5, 5.41) is 17.2. The molecule has 0 aliphatic carbocycles. The molecule has 1 aromatic rings. The monoisotopic (exact) mass is 447 g/mol. The SMILES string of the molecule is C=CCCCN(C)C(=NC)NCCNc1ccccc1[N+](=O)[O-].I. The van der Waals surface area contributed by atoms with E-state index >= 15 is 0 Å². The molecule has 24 heavy (non-hydrogen) atoms. The first-order valence-corrected chi connectivity index (χ1v) is 7.60. The number of allylic oxidation sites excluding steroid dienone is 1. The number of benzene rings is 1. The summed E-state index contributed by atoms with van der Waals surface area (Å²) in [5.41, 5.74) is 0.604. The lowest BCUT2D eigenvalue weighted by atomic mass is 10.2. The first-order chi connectivity index (χ1) is 11.1. The van der Waals surface area contributed by atoms with Crippen molar-refractivity contribution in [3.05, 3.63) is 47.0 Å². The van der Waals surface area contributed by atoms with Gasteiger partial charge in [0.2, 0.25) is 0 Å². The van der Waals surface area contributed by atoms with Gasteiger partial charge < -0.3 is 15.5 Å². The maximum Gasteiger partial charge on any atom is 0.292 e. The first-order valence-electron chi connectivity index (χ1n) is 7.60. The largest absolute Gasteiger partial charge is 0.378 e. The number of anilines is 1. The van der Waals surface area contributed by atoms with Gasteiger partial charge in [0.25, 0.3) is 5.69 Å². The number of hydrogen-bond acceptors (Lipinski definition) is 4. The van der Waals surface area contributed by atoms with Gasteiger partial charge in [0.1, 0.15) is 5.69 Å². The third-order valence-corrected chi connectivity index (χ3v) is 3.30. The third kappa shape index (κ3) is 7.62. The highest BCUT2D eigenvalue weighted by Gasteiger charge is 2.11. The summed E-state index contributed by atoms with van der Waals surface area (Å²) in [4.78, 5) is 16.8. The minimum absolute atomic E-state index is 0. The van der Waals surface area contributed by atoms with E-state index in [9.17, 15) is 10.1 Å². The number of aliphatic imine (C=N–C) groups is 1. The molecular formula is C16H26IN5O2. The fourth-order valence-corrected chi connectivity index (χ4v) is 2.12. The number of nitrogens with zero attached hydrogens (tertiary/aromatic N) is 3. The normalized spacial score (nSPS) is 10.5. The van der Waals surface area contributed by atoms with Gasteiger partial charge in [-0.05, 0) is 18.9 Å². The number of hydrogen-bond donors (Lipinski definition) is 2. The van der Waals surface area contributed by atoms with E-state index in [1.165, 1.54) is 6.07 Å². The lowest BCUT2D eigenvalue weighted by Gasteiger charge is -2.22. The van der Waals surface area contributed by atoms with Gasteiger partial charge in [-0.25, -0.2) is 0 Å². The molecule has 0 spiro atoms. The molecule has 0 aliphatic heterocycles. The van der Waals surface area contributed by atoms with Crippen molar-refractivity contribution >= 4 is 41.3 Å². The fourth-order valence-electron chi connectivity index (χ4n) is 2.12. The van der Waals surface area contributed by atoms with Gasteiger partial charge in [0.15, 0.2) is 5.96 Å². The van der Waals surface area contributed by atoms with Crippen molar-refractivity contribution in [2.75, 3.05) is 39.0 Å². The maximum absolute atomic E-state index is 10.9. The summed E-state index contributed by atoms with van der Waals surface area (Å²) >= 11 is 0. The fraction of sp³-hybridized carbons (Fsp3) is 0.438. The molecule has 0 saturated heterocycles. The molecule has 0 atom stereocenters. The zero-order chi connectivity index (χ0) is 17.1. The summed E-state index contributed by atoms with van der Waals surface area (Å²) in [6.07, 6.45) is 3.90. The van der Waals surface area contributed by atoms with Gasteiger partial charge in [-0.2, -0.15) is 0 Å². The van der Waals surface area contributed by atoms with Crippen molar-refractivity contribution in [2.45, 2.75) is 12.8 Å². The van der Waals surface area contributed by atoms with E-state index in [2.05, 4.69) is 27.1 Å². The molecule has 2 N–H and O–H groups in total. The molecule has 0 saturated carbocycles. The second-order valence-electron chi connectivity index (χ2n) is 5.03. The van der Waals surface area contributed by atoms with Crippen LogP contribution in [0.1, 0.15) is 12.8 Å². The lowest BCUT2D eigenvalue weighted by Crippen LogP contribution is -2.41. The highest BCUT2D eigenvalue weighted by atomic mass is 127. The molecular weight excluding hydrogens is 421 g/mol. The average molecular weight is 447 g/mol. The smallest absolute Gasteiger partial charge is 0.292 e. The predicted octanol–water partition coefficient (Wildman–Crippen LogP) is 3.10. The molecule has 0 bridgehead atoms. The van der Waals surface area contributed by atoms with E-state index in [0.717, 1.165) is 25.3 Å². The van der Waals surface area contributed by atoms with E-state index < -0.39 is 0 Å². The number of nitrogens with one attached hydrogen (secondary N) is 2. The maximum atomic E-state index is 10.9. The summed E-state index contributed by atoms with van der Waals surface area (Å²) in [6, 6.07) is 6.62. The van der Waals surface area contributed by atoms with Crippen LogP contribution in [0, 0.1) is 10.1 Å². The second-order valence-corrected chi connectivity index (χ2v) is 5.03. The Labute approximate surface area is 160 Å². The number of rotatable bonds is 9. The Bertz CT molecular complexity index is 551. The Hall–Kier alpha value is -1.84. The number of guanidine groups is 1. The third-order valence-electron chi connectivity index (χ3n) is 3.30. The molecule has 0 radical (unpaired) electrons. The van der Waals surface area contributed by atoms with Crippen LogP contribution in [0.2, 0.25) is 0 Å². The molecule has 0 aliphatic rings. The minimum atomic E-state index is -0.387. The van der Waals surface area contributed by atoms with E-state index in [0.29, 0.717) is 18.8 Å². The second kappa shape index (κ2) is 12.6. The van der Waals surface area contributed by atoms with Crippen molar-refractivity contribution in [3.63, 3.8) is 0 Å². The highest BCUT2D eigenvalue weighted by Crippen LogP contribution is 2.22. The number of halogens is 1. The van der Waals surface area contributed by atoms with Crippen LogP contribution in [0.15, 0.2) is 41.9 Å². The molecule has 0 amide bonds. The van der Waals surface area contributed by atoms with Gasteiger partial charge in [-0.1, -0.05) is 18.2 Å². The minimum Gasteiger partial charge on any atom is -0.378 e. The quantitative estimate of drug-likeness (QED) is 0.116. The average Bonchev–Trinajstić information content (AvgIpc) is 2.55. The molecule has 0 unspecified atom stereocenters. The predicted molar refractivity (Wildman–Crippen MR) is 110 cm³/mol. The van der Waals surface area contributed by atoms with Crippen molar-refractivity contribution in [1.29, 1.82) is 0 Å². The van der Waals surface area contributed by atoms with E-state index in [1.807, 2.05) is 13.1 Å². The number of nitro benzene ring substituents is 1. The summed E-state index contributed by atoms with van der Waals surface area (Å²) in [6.45, 7) is 5.78. The molecule has 1 aromatic carbocycles. The summed E-state index contributed by atoms with van der Waals surface area (Å²) in [5.74, 6) is 0.804. The Morgan fingerprint density at radius 2 is 2.12 bits per heavy atom. The Morgan fingerprint density at radius 3 is 2.75 bits per heavy atom. The standard InChI is InChI=1S/C16H25N5O2.HI/c1-4-5-8-13-20(3)16(17-2)19-12-11-18-14-9-6-7-10-15(14)21(22)23;/h4,6-7,9-10,18H,1,5,8,11-13H2,2-3H3,(H,17,19);1H. The van der Waals surface area contributed by atoms with Crippen LogP contribution in [0.4, 0.5) is 11.4 Å². The molecule has 8 heteroatoms. The number of para-hydroxylation sites is 2. The first kappa shape index (κ1) is 22.2. The molecule has 1 rings (SSSR count). The van der Waals surface area contributed by atoms with Gasteiger partial charge in [0.05, 0.1) is 4.92 Å². The van der Waals surface area contributed by atoms with Gasteiger partial charge in [0, 0.05) is 39.8 Å². The summed E-state index contributed by atoms with van der Waals surface area (Å²) < 4.78 is 0. The van der Waals surface area contributed by atoms with Crippen LogP contribution in [-0.2, 0) is 0 Å². The van der Waals surface area contributed by atoms with Gasteiger partial charge in [-0.15, -0.1) is 30.6 Å². The van der Waals surface area contributed by atoms with E-state index in [4.69, 9.17) is 0 Å². The van der Waals surface area contributed by atoms with Crippen LogP contribution in [0.3, 0.4) is 0 Å². The van der Waals surface area contributed by atoms with Crippen molar-refractivity contribution in [2.24, 2.45) is 4.99 Å². The zero-order valence-electron chi connectivity index (χ0n) is 14.2. The zero-order valence-corrected chi connectivity index (χ0v) is 16.5. The Balaban J connectivity index is 0.00000529. The molecule has 0 aromatic heterocycles. The van der Waals surface area contributed by atoms with Crippen LogP contribution >= 0.6 is 24.0 Å². The van der Waals surface area contributed by atoms with Crippen LogP contribution in [0.5, 0.6) is 0 Å². The molecule has 0 fully saturated rings. The van der Waals surface area contributed by atoms with Crippen molar-refractivity contribution < 1.29 is 4.92 Å². The highest BCUT2D eigenvalue weighted by molar-refractivity contribution is 14.0. The number of nitro groups is 1. The summed E-state index contributed by atoms with van der Waals surface area (Å²) in [7, 11) is 3.72. The van der Waals surface area contributed by atoms with E-state index in [1.54, 1.807) is 25.2 Å².